The number of nitriles is 1. The molecule has 0 fully saturated rings. The second kappa shape index (κ2) is 5.60. The van der Waals surface area contributed by atoms with Crippen molar-refractivity contribution in [2.24, 2.45) is 0 Å². The molecule has 0 amide bonds. The Bertz CT molecular complexity index is 503. The van der Waals surface area contributed by atoms with Gasteiger partial charge in [-0.25, -0.2) is 4.79 Å². The topological polar surface area (TPSA) is 67.2 Å². The van der Waals surface area contributed by atoms with Gasteiger partial charge >= 0.3 is 5.97 Å². The fourth-order valence-electron chi connectivity index (χ4n) is 1.32. The number of methoxy groups -OCH3 is 1. The molecule has 0 N–H and O–H groups in total. The summed E-state index contributed by atoms with van der Waals surface area (Å²) in [6, 6.07) is 6.22. The molecule has 0 aromatic heterocycles. The summed E-state index contributed by atoms with van der Waals surface area (Å²) in [5, 5.41) is 8.78. The molecule has 1 unspecified atom stereocenters. The standard InChI is InChI=1S/C12H10BrNO3/c1-7(13)11(15)10-5-8(6-14)3-4-9(10)12(16)17-2/h3-5,7H,1-2H3. The first-order chi connectivity index (χ1) is 8.01. The van der Waals surface area contributed by atoms with Crippen LogP contribution < -0.4 is 0 Å². The third kappa shape index (κ3) is 2.92. The van der Waals surface area contributed by atoms with Crippen LogP contribution in [0, 0.1) is 11.3 Å². The van der Waals surface area contributed by atoms with Gasteiger partial charge < -0.3 is 4.74 Å². The Morgan fingerprint density at radius 2 is 2.06 bits per heavy atom. The van der Waals surface area contributed by atoms with Gasteiger partial charge in [-0.2, -0.15) is 5.26 Å². The normalized spacial score (nSPS) is 11.4. The van der Waals surface area contributed by atoms with Gasteiger partial charge in [0, 0.05) is 5.56 Å². The number of carbonyl (C=O) groups excluding carboxylic acids is 2. The van der Waals surface area contributed by atoms with Crippen molar-refractivity contribution < 1.29 is 14.3 Å². The molecule has 0 radical (unpaired) electrons. The third-order valence-corrected chi connectivity index (χ3v) is 2.60. The highest BCUT2D eigenvalue weighted by Crippen LogP contribution is 2.17. The molecule has 17 heavy (non-hydrogen) atoms. The molecule has 1 aromatic rings. The zero-order chi connectivity index (χ0) is 13.0. The van der Waals surface area contributed by atoms with Crippen molar-refractivity contribution in [2.45, 2.75) is 11.8 Å². The van der Waals surface area contributed by atoms with Crippen molar-refractivity contribution in [3.05, 3.63) is 34.9 Å². The van der Waals surface area contributed by atoms with Crippen LogP contribution in [0.25, 0.3) is 0 Å². The second-order valence-corrected chi connectivity index (χ2v) is 4.72. The van der Waals surface area contributed by atoms with E-state index >= 15 is 0 Å². The average molecular weight is 296 g/mol. The van der Waals surface area contributed by atoms with E-state index in [1.165, 1.54) is 25.3 Å². The fourth-order valence-corrected chi connectivity index (χ4v) is 1.57. The number of benzene rings is 1. The van der Waals surface area contributed by atoms with Gasteiger partial charge in [-0.1, -0.05) is 15.9 Å². The van der Waals surface area contributed by atoms with E-state index in [-0.39, 0.29) is 16.9 Å². The number of carbonyl (C=O) groups is 2. The summed E-state index contributed by atoms with van der Waals surface area (Å²) in [7, 11) is 1.24. The Balaban J connectivity index is 3.37. The smallest absolute Gasteiger partial charge is 0.338 e. The fraction of sp³-hybridized carbons (Fsp3) is 0.250. The van der Waals surface area contributed by atoms with Crippen LogP contribution in [-0.2, 0) is 4.74 Å². The number of esters is 1. The SMILES string of the molecule is COC(=O)c1ccc(C#N)cc1C(=O)C(C)Br. The first-order valence-electron chi connectivity index (χ1n) is 4.82. The molecule has 0 aliphatic rings. The Kier molecular flexibility index (Phi) is 4.41. The molecule has 1 atom stereocenters. The van der Waals surface area contributed by atoms with Crippen molar-refractivity contribution in [2.75, 3.05) is 7.11 Å². The first kappa shape index (κ1) is 13.4. The minimum atomic E-state index is -0.592. The quantitative estimate of drug-likeness (QED) is 0.487. The highest BCUT2D eigenvalue weighted by Gasteiger charge is 2.21. The average Bonchev–Trinajstić information content (AvgIpc) is 2.35. The van der Waals surface area contributed by atoms with Gasteiger partial charge in [0.2, 0.25) is 0 Å². The number of Topliss-reactive ketones (excluding diaryl/α,β-unsaturated/α-hetero) is 1. The number of ketones is 1. The van der Waals surface area contributed by atoms with E-state index in [0.717, 1.165) is 0 Å². The molecule has 1 aromatic carbocycles. The van der Waals surface area contributed by atoms with Crippen LogP contribution in [0.1, 0.15) is 33.2 Å². The zero-order valence-corrected chi connectivity index (χ0v) is 10.9. The molecule has 0 spiro atoms. The largest absolute Gasteiger partial charge is 0.465 e. The van der Waals surface area contributed by atoms with Gasteiger partial charge in [-0.15, -0.1) is 0 Å². The predicted molar refractivity (Wildman–Crippen MR) is 65.2 cm³/mol. The van der Waals surface area contributed by atoms with Gasteiger partial charge in [0.05, 0.1) is 29.1 Å². The number of rotatable bonds is 3. The molecule has 0 aliphatic carbocycles. The van der Waals surface area contributed by atoms with Gasteiger partial charge in [-0.3, -0.25) is 4.79 Å². The summed E-state index contributed by atoms with van der Waals surface area (Å²) >= 11 is 3.14. The maximum atomic E-state index is 11.9. The highest BCUT2D eigenvalue weighted by molar-refractivity contribution is 9.10. The molecule has 0 aliphatic heterocycles. The monoisotopic (exact) mass is 295 g/mol. The van der Waals surface area contributed by atoms with E-state index in [4.69, 9.17) is 5.26 Å². The van der Waals surface area contributed by atoms with Gasteiger partial charge in [0.15, 0.2) is 5.78 Å². The number of hydrogen-bond acceptors (Lipinski definition) is 4. The molecule has 1 rings (SSSR count). The van der Waals surface area contributed by atoms with Crippen molar-refractivity contribution in [1.82, 2.24) is 0 Å². The summed E-state index contributed by atoms with van der Waals surface area (Å²) in [6.07, 6.45) is 0. The molecule has 0 saturated heterocycles. The van der Waals surface area contributed by atoms with Crippen molar-refractivity contribution in [3.8, 4) is 6.07 Å². The lowest BCUT2D eigenvalue weighted by molar-refractivity contribution is 0.0597. The van der Waals surface area contributed by atoms with Crippen LogP contribution >= 0.6 is 15.9 Å². The lowest BCUT2D eigenvalue weighted by Gasteiger charge is -2.08. The van der Waals surface area contributed by atoms with E-state index in [2.05, 4.69) is 20.7 Å². The minimum absolute atomic E-state index is 0.169. The van der Waals surface area contributed by atoms with E-state index in [9.17, 15) is 9.59 Å². The van der Waals surface area contributed by atoms with Crippen molar-refractivity contribution >= 4 is 27.7 Å². The van der Waals surface area contributed by atoms with Gasteiger partial charge in [0.1, 0.15) is 0 Å². The van der Waals surface area contributed by atoms with E-state index in [1.54, 1.807) is 6.92 Å². The number of nitrogens with zero attached hydrogens (tertiary/aromatic N) is 1. The number of hydrogen-bond donors (Lipinski definition) is 0. The van der Waals surface area contributed by atoms with Crippen LogP contribution in [0.4, 0.5) is 0 Å². The Morgan fingerprint density at radius 1 is 1.41 bits per heavy atom. The molecule has 4 nitrogen and oxygen atoms in total. The number of ether oxygens (including phenoxy) is 1. The minimum Gasteiger partial charge on any atom is -0.465 e. The predicted octanol–water partition coefficient (Wildman–Crippen LogP) is 2.31. The third-order valence-electron chi connectivity index (χ3n) is 2.18. The molecule has 0 saturated carbocycles. The molecule has 0 bridgehead atoms. The summed E-state index contributed by atoms with van der Waals surface area (Å²) in [6.45, 7) is 1.66. The van der Waals surface area contributed by atoms with Crippen molar-refractivity contribution in [3.63, 3.8) is 0 Å². The van der Waals surface area contributed by atoms with E-state index in [0.29, 0.717) is 5.56 Å². The summed E-state index contributed by atoms with van der Waals surface area (Å²) in [5.41, 5.74) is 0.692. The summed E-state index contributed by atoms with van der Waals surface area (Å²) in [5.74, 6) is -0.853. The van der Waals surface area contributed by atoms with Crippen LogP contribution in [0.5, 0.6) is 0 Å². The van der Waals surface area contributed by atoms with Crippen LogP contribution in [0.3, 0.4) is 0 Å². The molecule has 88 valence electrons. The highest BCUT2D eigenvalue weighted by atomic mass is 79.9. The molecular weight excluding hydrogens is 286 g/mol. The van der Waals surface area contributed by atoms with Crippen LogP contribution in [0.15, 0.2) is 18.2 Å². The lowest BCUT2D eigenvalue weighted by atomic mass is 9.99. The van der Waals surface area contributed by atoms with Crippen LogP contribution in [0.2, 0.25) is 0 Å². The number of halogens is 1. The van der Waals surface area contributed by atoms with Crippen molar-refractivity contribution in [1.29, 1.82) is 5.26 Å². The zero-order valence-electron chi connectivity index (χ0n) is 9.36. The summed E-state index contributed by atoms with van der Waals surface area (Å²) in [4.78, 5) is 22.9. The first-order valence-corrected chi connectivity index (χ1v) is 5.73. The van der Waals surface area contributed by atoms with E-state index in [1.807, 2.05) is 6.07 Å². The van der Waals surface area contributed by atoms with Gasteiger partial charge in [0.25, 0.3) is 0 Å². The Labute approximate surface area is 107 Å². The maximum absolute atomic E-state index is 11.9. The second-order valence-electron chi connectivity index (χ2n) is 3.34. The van der Waals surface area contributed by atoms with Crippen LogP contribution in [-0.4, -0.2) is 23.7 Å². The summed E-state index contributed by atoms with van der Waals surface area (Å²) < 4.78 is 4.59. The number of alkyl halides is 1. The van der Waals surface area contributed by atoms with E-state index < -0.39 is 10.8 Å². The van der Waals surface area contributed by atoms with Gasteiger partial charge in [-0.05, 0) is 25.1 Å². The molecular formula is C12H10BrNO3. The Morgan fingerprint density at radius 3 is 2.53 bits per heavy atom. The molecule has 5 heteroatoms. The maximum Gasteiger partial charge on any atom is 0.338 e. The Hall–Kier alpha value is -1.67. The molecule has 0 heterocycles. The lowest BCUT2D eigenvalue weighted by Crippen LogP contribution is -2.16.